The van der Waals surface area contributed by atoms with E-state index in [1.54, 1.807) is 6.92 Å². The number of carbonyl (C=O) groups is 1. The third kappa shape index (κ3) is 5.17. The van der Waals surface area contributed by atoms with Crippen LogP contribution in [-0.4, -0.2) is 39.8 Å². The highest BCUT2D eigenvalue weighted by atomic mass is 19.4. The van der Waals surface area contributed by atoms with Gasteiger partial charge in [-0.25, -0.2) is 4.79 Å². The molecule has 0 spiro atoms. The number of nitrogens with zero attached hydrogens (tertiary/aromatic N) is 1. The summed E-state index contributed by atoms with van der Waals surface area (Å²) < 4.78 is 44.4. The fourth-order valence-corrected chi connectivity index (χ4v) is 3.01. The van der Waals surface area contributed by atoms with Crippen molar-refractivity contribution in [2.75, 3.05) is 13.2 Å². The Morgan fingerprint density at radius 3 is 2.66 bits per heavy atom. The molecule has 0 fully saturated rings. The zero-order chi connectivity index (χ0) is 23.5. The molecule has 170 valence electrons. The van der Waals surface area contributed by atoms with Crippen molar-refractivity contribution in [1.29, 1.82) is 0 Å². The van der Waals surface area contributed by atoms with Gasteiger partial charge in [0.1, 0.15) is 18.5 Å². The van der Waals surface area contributed by atoms with Crippen LogP contribution in [0, 0.1) is 0 Å². The van der Waals surface area contributed by atoms with Crippen molar-refractivity contribution in [1.82, 2.24) is 14.9 Å². The van der Waals surface area contributed by atoms with Crippen LogP contribution in [0.4, 0.5) is 13.2 Å². The summed E-state index contributed by atoms with van der Waals surface area (Å²) in [6, 6.07) is 8.39. The summed E-state index contributed by atoms with van der Waals surface area (Å²) in [6.07, 6.45) is -5.70. The first kappa shape index (κ1) is 23.1. The number of hydrogen-bond acceptors (Lipinski definition) is 5. The first-order valence-electron chi connectivity index (χ1n) is 9.63. The SMILES string of the molecule is CCn1c(=O)[nH]c2cc(C(=O)NCC(O)COc3cccc(C(F)(F)F)c3)ccc2c1=O. The van der Waals surface area contributed by atoms with Gasteiger partial charge in [-0.15, -0.1) is 0 Å². The van der Waals surface area contributed by atoms with Crippen molar-refractivity contribution in [2.24, 2.45) is 0 Å². The summed E-state index contributed by atoms with van der Waals surface area (Å²) in [4.78, 5) is 39.1. The third-order valence-electron chi connectivity index (χ3n) is 4.66. The molecule has 11 heteroatoms. The molecule has 3 rings (SSSR count). The molecule has 0 aliphatic carbocycles. The average molecular weight is 451 g/mol. The molecule has 0 bridgehead atoms. The number of ether oxygens (including phenoxy) is 1. The van der Waals surface area contributed by atoms with Crippen LogP contribution in [-0.2, 0) is 12.7 Å². The van der Waals surface area contributed by atoms with Crippen molar-refractivity contribution in [3.05, 3.63) is 74.4 Å². The molecular weight excluding hydrogens is 431 g/mol. The highest BCUT2D eigenvalue weighted by Gasteiger charge is 2.30. The number of alkyl halides is 3. The molecule has 1 aromatic heterocycles. The van der Waals surface area contributed by atoms with Crippen molar-refractivity contribution < 1.29 is 27.8 Å². The Balaban J connectivity index is 1.61. The fourth-order valence-electron chi connectivity index (χ4n) is 3.01. The van der Waals surface area contributed by atoms with Gasteiger partial charge in [0.2, 0.25) is 0 Å². The maximum atomic E-state index is 12.7. The molecule has 0 saturated carbocycles. The number of nitrogens with one attached hydrogen (secondary N) is 2. The number of aromatic amines is 1. The van der Waals surface area contributed by atoms with Gasteiger partial charge in [0.15, 0.2) is 0 Å². The predicted octanol–water partition coefficient (Wildman–Crippen LogP) is 1.90. The monoisotopic (exact) mass is 451 g/mol. The number of benzene rings is 2. The number of carbonyl (C=O) groups excluding carboxylic acids is 1. The molecule has 1 unspecified atom stereocenters. The molecule has 0 saturated heterocycles. The first-order chi connectivity index (χ1) is 15.1. The highest BCUT2D eigenvalue weighted by molar-refractivity contribution is 5.97. The van der Waals surface area contributed by atoms with E-state index in [1.165, 1.54) is 30.3 Å². The number of rotatable bonds is 7. The van der Waals surface area contributed by atoms with Crippen LogP contribution in [0.3, 0.4) is 0 Å². The third-order valence-corrected chi connectivity index (χ3v) is 4.66. The lowest BCUT2D eigenvalue weighted by Crippen LogP contribution is -2.36. The van der Waals surface area contributed by atoms with Gasteiger partial charge >= 0.3 is 11.9 Å². The molecule has 0 aliphatic heterocycles. The lowest BCUT2D eigenvalue weighted by atomic mass is 10.1. The van der Waals surface area contributed by atoms with Gasteiger partial charge in [-0.05, 0) is 43.3 Å². The topological polar surface area (TPSA) is 113 Å². The Morgan fingerprint density at radius 2 is 1.97 bits per heavy atom. The summed E-state index contributed by atoms with van der Waals surface area (Å²) in [7, 11) is 0. The predicted molar refractivity (Wildman–Crippen MR) is 110 cm³/mol. The maximum Gasteiger partial charge on any atom is 0.416 e. The molecule has 0 radical (unpaired) electrons. The Hall–Kier alpha value is -3.60. The number of aliphatic hydroxyl groups excluding tert-OH is 1. The zero-order valence-corrected chi connectivity index (χ0v) is 16.9. The van der Waals surface area contributed by atoms with E-state index in [4.69, 9.17) is 4.74 Å². The number of halogens is 3. The van der Waals surface area contributed by atoms with Crippen molar-refractivity contribution in [2.45, 2.75) is 25.7 Å². The zero-order valence-electron chi connectivity index (χ0n) is 16.9. The molecule has 3 N–H and O–H groups in total. The normalized spacial score (nSPS) is 12.5. The van der Waals surface area contributed by atoms with Crippen molar-refractivity contribution in [3.8, 4) is 5.75 Å². The Morgan fingerprint density at radius 1 is 1.22 bits per heavy atom. The molecule has 1 heterocycles. The molecule has 0 aliphatic rings. The van der Waals surface area contributed by atoms with E-state index < -0.39 is 35.0 Å². The summed E-state index contributed by atoms with van der Waals surface area (Å²) in [5.74, 6) is -0.646. The molecule has 1 atom stereocenters. The second-order valence-electron chi connectivity index (χ2n) is 6.94. The number of hydrogen-bond donors (Lipinski definition) is 3. The van der Waals surface area contributed by atoms with Gasteiger partial charge < -0.3 is 20.1 Å². The van der Waals surface area contributed by atoms with Crippen molar-refractivity contribution >= 4 is 16.8 Å². The number of amides is 1. The van der Waals surface area contributed by atoms with Gasteiger partial charge in [-0.2, -0.15) is 13.2 Å². The largest absolute Gasteiger partial charge is 0.491 e. The highest BCUT2D eigenvalue weighted by Crippen LogP contribution is 2.31. The van der Waals surface area contributed by atoms with E-state index in [0.29, 0.717) is 0 Å². The lowest BCUT2D eigenvalue weighted by Gasteiger charge is -2.14. The number of H-pyrrole nitrogens is 1. The Kier molecular flexibility index (Phi) is 6.68. The minimum absolute atomic E-state index is 0.0681. The Bertz CT molecular complexity index is 1250. The van der Waals surface area contributed by atoms with Gasteiger partial charge in [0.05, 0.1) is 16.5 Å². The second-order valence-corrected chi connectivity index (χ2v) is 6.94. The molecule has 1 amide bonds. The van der Waals surface area contributed by atoms with Crippen LogP contribution >= 0.6 is 0 Å². The van der Waals surface area contributed by atoms with Gasteiger partial charge in [-0.3, -0.25) is 14.2 Å². The van der Waals surface area contributed by atoms with E-state index in [-0.39, 0.29) is 41.9 Å². The number of aliphatic hydroxyl groups is 1. The van der Waals surface area contributed by atoms with Crippen molar-refractivity contribution in [3.63, 3.8) is 0 Å². The van der Waals surface area contributed by atoms with Gasteiger partial charge in [-0.1, -0.05) is 6.07 Å². The summed E-state index contributed by atoms with van der Waals surface area (Å²) in [5.41, 5.74) is -1.60. The molecule has 2 aromatic carbocycles. The minimum Gasteiger partial charge on any atom is -0.491 e. The molecule has 3 aromatic rings. The van der Waals surface area contributed by atoms with Crippen LogP contribution in [0.1, 0.15) is 22.8 Å². The average Bonchev–Trinajstić information content (AvgIpc) is 2.75. The molecular formula is C21H20F3N3O5. The van der Waals surface area contributed by atoms with Crippen LogP contribution in [0.15, 0.2) is 52.1 Å². The smallest absolute Gasteiger partial charge is 0.416 e. The van der Waals surface area contributed by atoms with E-state index in [9.17, 15) is 32.7 Å². The second kappa shape index (κ2) is 9.27. The van der Waals surface area contributed by atoms with Gasteiger partial charge in [0.25, 0.3) is 11.5 Å². The van der Waals surface area contributed by atoms with Crippen LogP contribution in [0.25, 0.3) is 10.9 Å². The summed E-state index contributed by atoms with van der Waals surface area (Å²) in [5, 5.41) is 12.7. The quantitative estimate of drug-likeness (QED) is 0.508. The Labute approximate surface area is 179 Å². The van der Waals surface area contributed by atoms with E-state index in [2.05, 4.69) is 10.3 Å². The fraction of sp³-hybridized carbons (Fsp3) is 0.286. The van der Waals surface area contributed by atoms with Gasteiger partial charge in [0, 0.05) is 18.7 Å². The number of aromatic nitrogens is 2. The van der Waals surface area contributed by atoms with E-state index in [0.717, 1.165) is 16.7 Å². The lowest BCUT2D eigenvalue weighted by molar-refractivity contribution is -0.137. The maximum absolute atomic E-state index is 12.7. The minimum atomic E-state index is -4.51. The summed E-state index contributed by atoms with van der Waals surface area (Å²) >= 11 is 0. The first-order valence-corrected chi connectivity index (χ1v) is 9.63. The van der Waals surface area contributed by atoms with E-state index in [1.807, 2.05) is 0 Å². The number of fused-ring (bicyclic) bond motifs is 1. The van der Waals surface area contributed by atoms with Crippen LogP contribution < -0.4 is 21.3 Å². The van der Waals surface area contributed by atoms with Crippen LogP contribution in [0.5, 0.6) is 5.75 Å². The van der Waals surface area contributed by atoms with Crippen LogP contribution in [0.2, 0.25) is 0 Å². The molecule has 32 heavy (non-hydrogen) atoms. The molecule has 8 nitrogen and oxygen atoms in total. The standard InChI is InChI=1S/C21H20F3N3O5/c1-2-27-19(30)16-7-6-12(8-17(16)26-20(27)31)18(29)25-10-14(28)11-32-15-5-3-4-13(9-15)21(22,23)24/h3-9,14,28H,2,10-11H2,1H3,(H,25,29)(H,26,31). The summed E-state index contributed by atoms with van der Waals surface area (Å²) in [6.45, 7) is 1.28. The van der Waals surface area contributed by atoms with E-state index >= 15 is 0 Å².